The van der Waals surface area contributed by atoms with Crippen LogP contribution in [0.4, 0.5) is 0 Å². The largest absolute Gasteiger partial charge is 0.399 e. The minimum Gasteiger partial charge on any atom is -0.399 e. The third kappa shape index (κ3) is 6.44. The average Bonchev–Trinajstić information content (AvgIpc) is 1.97. The lowest BCUT2D eigenvalue weighted by Crippen LogP contribution is -2.31. The molecular formula is C7H14N4. The van der Waals surface area contributed by atoms with Gasteiger partial charge in [0, 0.05) is 19.3 Å². The Balaban J connectivity index is 3.49. The monoisotopic (exact) mass is 154 g/mol. The van der Waals surface area contributed by atoms with Crippen molar-refractivity contribution in [3.8, 4) is 0 Å². The topological polar surface area (TPSA) is 76.4 Å². The molecule has 0 spiro atoms. The third-order valence-corrected chi connectivity index (χ3v) is 0.974. The van der Waals surface area contributed by atoms with E-state index in [9.17, 15) is 0 Å². The molecule has 0 aromatic rings. The highest BCUT2D eigenvalue weighted by molar-refractivity contribution is 5.77. The molecule has 0 fully saturated rings. The van der Waals surface area contributed by atoms with Gasteiger partial charge in [-0.15, -0.1) is 0 Å². The lowest BCUT2D eigenvalue weighted by atomic mass is 10.4. The Hall–Kier alpha value is -1.45. The summed E-state index contributed by atoms with van der Waals surface area (Å²) in [4.78, 5) is 3.70. The van der Waals surface area contributed by atoms with Crippen molar-refractivity contribution >= 4 is 5.96 Å². The molecule has 0 heterocycles. The summed E-state index contributed by atoms with van der Waals surface area (Å²) in [6.07, 6.45) is 3.52. The second-order valence-electron chi connectivity index (χ2n) is 1.97. The van der Waals surface area contributed by atoms with E-state index in [1.54, 1.807) is 13.1 Å². The highest BCUT2D eigenvalue weighted by Gasteiger charge is 1.82. The van der Waals surface area contributed by atoms with E-state index in [0.29, 0.717) is 18.2 Å². The predicted octanol–water partition coefficient (Wildman–Crippen LogP) is -0.451. The molecule has 0 bridgehead atoms. The van der Waals surface area contributed by atoms with Crippen molar-refractivity contribution in [2.24, 2.45) is 16.5 Å². The summed E-state index contributed by atoms with van der Waals surface area (Å²) >= 11 is 0. The Morgan fingerprint density at radius 3 is 2.73 bits per heavy atom. The summed E-state index contributed by atoms with van der Waals surface area (Å²) in [5.74, 6) is 0.414. The van der Waals surface area contributed by atoms with E-state index in [2.05, 4.69) is 16.9 Å². The molecule has 62 valence electrons. The van der Waals surface area contributed by atoms with Crippen molar-refractivity contribution < 1.29 is 0 Å². The maximum Gasteiger partial charge on any atom is 0.188 e. The van der Waals surface area contributed by atoms with Crippen LogP contribution in [0.1, 0.15) is 0 Å². The average molecular weight is 154 g/mol. The SMILES string of the molecule is C=C(N)/C=C/CNC(N)=NC. The van der Waals surface area contributed by atoms with Crippen LogP contribution in [-0.2, 0) is 0 Å². The molecule has 0 saturated heterocycles. The number of hydrogen-bond donors (Lipinski definition) is 3. The number of guanidine groups is 1. The van der Waals surface area contributed by atoms with Gasteiger partial charge in [-0.05, 0) is 6.08 Å². The first-order valence-corrected chi connectivity index (χ1v) is 3.24. The number of aliphatic imine (C=N–C) groups is 1. The molecule has 0 unspecified atom stereocenters. The molecular weight excluding hydrogens is 140 g/mol. The van der Waals surface area contributed by atoms with E-state index >= 15 is 0 Å². The lowest BCUT2D eigenvalue weighted by Gasteiger charge is -1.98. The molecule has 0 aromatic carbocycles. The van der Waals surface area contributed by atoms with Crippen molar-refractivity contribution in [3.63, 3.8) is 0 Å². The molecule has 4 heteroatoms. The Morgan fingerprint density at radius 1 is 1.64 bits per heavy atom. The van der Waals surface area contributed by atoms with E-state index in [0.717, 1.165) is 0 Å². The van der Waals surface area contributed by atoms with Crippen LogP contribution in [-0.4, -0.2) is 19.6 Å². The number of allylic oxidation sites excluding steroid dienone is 1. The van der Waals surface area contributed by atoms with Crippen molar-refractivity contribution in [1.82, 2.24) is 5.32 Å². The zero-order valence-electron chi connectivity index (χ0n) is 6.67. The van der Waals surface area contributed by atoms with Crippen LogP contribution >= 0.6 is 0 Å². The van der Waals surface area contributed by atoms with Crippen molar-refractivity contribution in [2.75, 3.05) is 13.6 Å². The standard InChI is InChI=1S/C7H14N4/c1-6(8)4-3-5-11-7(9)10-2/h3-4H,1,5,8H2,2H3,(H3,9,10,11)/b4-3+. The minimum absolute atomic E-state index is 0.414. The zero-order valence-corrected chi connectivity index (χ0v) is 6.67. The van der Waals surface area contributed by atoms with Gasteiger partial charge in [0.15, 0.2) is 5.96 Å². The Morgan fingerprint density at radius 2 is 2.27 bits per heavy atom. The maximum atomic E-state index is 5.34. The van der Waals surface area contributed by atoms with E-state index in [1.807, 2.05) is 6.08 Å². The molecule has 0 amide bonds. The van der Waals surface area contributed by atoms with Crippen LogP contribution in [0.2, 0.25) is 0 Å². The van der Waals surface area contributed by atoms with Crippen LogP contribution in [0.25, 0.3) is 0 Å². The fraction of sp³-hybridized carbons (Fsp3) is 0.286. The molecule has 0 aliphatic rings. The van der Waals surface area contributed by atoms with Crippen molar-refractivity contribution in [3.05, 3.63) is 24.4 Å². The maximum absolute atomic E-state index is 5.34. The van der Waals surface area contributed by atoms with Crippen LogP contribution in [0.5, 0.6) is 0 Å². The van der Waals surface area contributed by atoms with Gasteiger partial charge in [-0.25, -0.2) is 0 Å². The van der Waals surface area contributed by atoms with Crippen molar-refractivity contribution in [1.29, 1.82) is 0 Å². The second kappa shape index (κ2) is 5.34. The molecule has 0 aromatic heterocycles. The van der Waals surface area contributed by atoms with Gasteiger partial charge in [0.1, 0.15) is 0 Å². The van der Waals surface area contributed by atoms with Gasteiger partial charge in [-0.2, -0.15) is 0 Å². The van der Waals surface area contributed by atoms with Gasteiger partial charge in [0.05, 0.1) is 0 Å². The van der Waals surface area contributed by atoms with Gasteiger partial charge in [-0.3, -0.25) is 4.99 Å². The highest BCUT2D eigenvalue weighted by atomic mass is 15.1. The quantitative estimate of drug-likeness (QED) is 0.293. The van der Waals surface area contributed by atoms with Gasteiger partial charge < -0.3 is 16.8 Å². The summed E-state index contributed by atoms with van der Waals surface area (Å²) < 4.78 is 0. The number of nitrogens with zero attached hydrogens (tertiary/aromatic N) is 1. The van der Waals surface area contributed by atoms with E-state index < -0.39 is 0 Å². The molecule has 5 N–H and O–H groups in total. The first kappa shape index (κ1) is 9.55. The Bertz CT molecular complexity index is 181. The van der Waals surface area contributed by atoms with Crippen LogP contribution < -0.4 is 16.8 Å². The van der Waals surface area contributed by atoms with Gasteiger partial charge in [0.2, 0.25) is 0 Å². The third-order valence-electron chi connectivity index (χ3n) is 0.974. The molecule has 11 heavy (non-hydrogen) atoms. The lowest BCUT2D eigenvalue weighted by molar-refractivity contribution is 1.01. The first-order valence-electron chi connectivity index (χ1n) is 3.24. The number of nitrogens with two attached hydrogens (primary N) is 2. The van der Waals surface area contributed by atoms with Crippen LogP contribution in [0.15, 0.2) is 29.4 Å². The molecule has 0 rings (SSSR count). The number of hydrogen-bond acceptors (Lipinski definition) is 2. The Labute approximate surface area is 66.7 Å². The zero-order chi connectivity index (χ0) is 8.69. The molecule has 0 aliphatic heterocycles. The summed E-state index contributed by atoms with van der Waals surface area (Å²) in [7, 11) is 1.62. The number of rotatable bonds is 3. The van der Waals surface area contributed by atoms with Gasteiger partial charge >= 0.3 is 0 Å². The van der Waals surface area contributed by atoms with Gasteiger partial charge in [0.25, 0.3) is 0 Å². The fourth-order valence-electron chi connectivity index (χ4n) is 0.453. The molecule has 0 atom stereocenters. The molecule has 0 saturated carbocycles. The van der Waals surface area contributed by atoms with Crippen LogP contribution in [0, 0.1) is 0 Å². The van der Waals surface area contributed by atoms with E-state index in [4.69, 9.17) is 11.5 Å². The second-order valence-corrected chi connectivity index (χ2v) is 1.97. The number of nitrogens with one attached hydrogen (secondary N) is 1. The summed E-state index contributed by atoms with van der Waals surface area (Å²) in [6.45, 7) is 4.10. The summed E-state index contributed by atoms with van der Waals surface area (Å²) in [5, 5.41) is 2.83. The van der Waals surface area contributed by atoms with E-state index in [-0.39, 0.29) is 0 Å². The van der Waals surface area contributed by atoms with E-state index in [1.165, 1.54) is 0 Å². The van der Waals surface area contributed by atoms with Crippen LogP contribution in [0.3, 0.4) is 0 Å². The molecule has 0 aliphatic carbocycles. The first-order chi connectivity index (χ1) is 5.16. The summed E-state index contributed by atoms with van der Waals surface area (Å²) in [6, 6.07) is 0. The predicted molar refractivity (Wildman–Crippen MR) is 48.0 cm³/mol. The normalized spacial score (nSPS) is 11.9. The fourth-order valence-corrected chi connectivity index (χ4v) is 0.453. The smallest absolute Gasteiger partial charge is 0.188 e. The molecule has 0 radical (unpaired) electrons. The Kier molecular flexibility index (Phi) is 4.64. The molecule has 4 nitrogen and oxygen atoms in total. The minimum atomic E-state index is 0.414. The summed E-state index contributed by atoms with van der Waals surface area (Å²) in [5.41, 5.74) is 11.1. The van der Waals surface area contributed by atoms with Gasteiger partial charge in [-0.1, -0.05) is 12.7 Å². The van der Waals surface area contributed by atoms with Crippen molar-refractivity contribution in [2.45, 2.75) is 0 Å². The highest BCUT2D eigenvalue weighted by Crippen LogP contribution is 1.78.